The van der Waals surface area contributed by atoms with Crippen molar-refractivity contribution in [3.05, 3.63) is 48.4 Å². The first-order valence-corrected chi connectivity index (χ1v) is 10.6. The Morgan fingerprint density at radius 1 is 1.21 bits per heavy atom. The van der Waals surface area contributed by atoms with E-state index < -0.39 is 0 Å². The lowest BCUT2D eigenvalue weighted by molar-refractivity contribution is -0.133. The first-order valence-electron chi connectivity index (χ1n) is 9.59. The van der Waals surface area contributed by atoms with Crippen molar-refractivity contribution >= 4 is 23.6 Å². The molecule has 0 radical (unpaired) electrons. The fourth-order valence-electron chi connectivity index (χ4n) is 3.16. The van der Waals surface area contributed by atoms with Gasteiger partial charge in [0.1, 0.15) is 11.5 Å². The third kappa shape index (κ3) is 5.79. The molecule has 1 aliphatic rings. The Labute approximate surface area is 169 Å². The Morgan fingerprint density at radius 2 is 1.96 bits per heavy atom. The van der Waals surface area contributed by atoms with E-state index in [0.717, 1.165) is 16.4 Å². The number of amides is 2. The minimum Gasteiger partial charge on any atom is -0.494 e. The first-order chi connectivity index (χ1) is 13.7. The van der Waals surface area contributed by atoms with Gasteiger partial charge in [-0.1, -0.05) is 0 Å². The number of hydrogen-bond donors (Lipinski definition) is 1. The van der Waals surface area contributed by atoms with Gasteiger partial charge in [0.05, 0.1) is 25.2 Å². The zero-order valence-corrected chi connectivity index (χ0v) is 16.9. The van der Waals surface area contributed by atoms with Crippen LogP contribution in [-0.2, 0) is 16.1 Å². The third-order valence-corrected chi connectivity index (χ3v) is 5.73. The Morgan fingerprint density at radius 3 is 2.61 bits per heavy atom. The molecule has 6 nitrogen and oxygen atoms in total. The largest absolute Gasteiger partial charge is 0.494 e. The molecular weight excluding hydrogens is 376 g/mol. The molecular formula is C21H26N2O4S. The second kappa shape index (κ2) is 10.2. The molecule has 0 aliphatic carbocycles. The first kappa shape index (κ1) is 20.3. The molecule has 7 heteroatoms. The van der Waals surface area contributed by atoms with Gasteiger partial charge in [-0.25, -0.2) is 0 Å². The van der Waals surface area contributed by atoms with Gasteiger partial charge in [0.25, 0.3) is 0 Å². The summed E-state index contributed by atoms with van der Waals surface area (Å²) in [6, 6.07) is 11.4. The van der Waals surface area contributed by atoms with Crippen LogP contribution in [-0.4, -0.2) is 42.2 Å². The maximum absolute atomic E-state index is 12.5. The van der Waals surface area contributed by atoms with Gasteiger partial charge in [-0.2, -0.15) is 0 Å². The maximum atomic E-state index is 12.5. The average molecular weight is 403 g/mol. The molecule has 0 bridgehead atoms. The fourth-order valence-corrected chi connectivity index (χ4v) is 3.96. The molecule has 1 aromatic carbocycles. The van der Waals surface area contributed by atoms with Crippen molar-refractivity contribution in [2.24, 2.45) is 5.92 Å². The lowest BCUT2D eigenvalue weighted by Crippen LogP contribution is -2.43. The number of likely N-dealkylation sites (tertiary alicyclic amines) is 1. The summed E-state index contributed by atoms with van der Waals surface area (Å²) in [4.78, 5) is 27.7. The van der Waals surface area contributed by atoms with Crippen LogP contribution in [0, 0.1) is 5.92 Å². The number of nitrogens with one attached hydrogen (secondary N) is 1. The molecule has 1 aliphatic heterocycles. The zero-order chi connectivity index (χ0) is 19.8. The van der Waals surface area contributed by atoms with Crippen LogP contribution >= 0.6 is 11.8 Å². The Hall–Kier alpha value is -2.41. The summed E-state index contributed by atoms with van der Waals surface area (Å²) in [6.45, 7) is 4.25. The minimum absolute atomic E-state index is 0.0345. The summed E-state index contributed by atoms with van der Waals surface area (Å²) in [7, 11) is 0. The summed E-state index contributed by atoms with van der Waals surface area (Å²) in [6.07, 6.45) is 2.99. The Bertz CT molecular complexity index is 753. The molecule has 0 atom stereocenters. The molecule has 2 amide bonds. The number of carbonyl (C=O) groups is 2. The van der Waals surface area contributed by atoms with Crippen LogP contribution in [0.15, 0.2) is 52.0 Å². The molecule has 0 saturated carbocycles. The summed E-state index contributed by atoms with van der Waals surface area (Å²) in [5, 5.41) is 2.91. The quantitative estimate of drug-likeness (QED) is 0.686. The molecule has 1 aromatic heterocycles. The van der Waals surface area contributed by atoms with Crippen molar-refractivity contribution in [3.8, 4) is 5.75 Å². The van der Waals surface area contributed by atoms with Gasteiger partial charge in [-0.3, -0.25) is 9.59 Å². The molecule has 2 heterocycles. The summed E-state index contributed by atoms with van der Waals surface area (Å²) in [5.74, 6) is 2.10. The van der Waals surface area contributed by atoms with Gasteiger partial charge >= 0.3 is 0 Å². The molecule has 0 unspecified atom stereocenters. The van der Waals surface area contributed by atoms with Crippen LogP contribution in [0.4, 0.5) is 0 Å². The van der Waals surface area contributed by atoms with E-state index >= 15 is 0 Å². The van der Waals surface area contributed by atoms with Gasteiger partial charge in [-0.05, 0) is 56.2 Å². The number of furan rings is 1. The van der Waals surface area contributed by atoms with E-state index in [0.29, 0.717) is 44.8 Å². The standard InChI is InChI=1S/C21H26N2O4S/c1-2-26-17-5-7-19(8-6-17)28-15-20(24)23-11-9-16(10-12-23)21(25)22-14-18-4-3-13-27-18/h3-8,13,16H,2,9-12,14-15H2,1H3,(H,22,25). The maximum Gasteiger partial charge on any atom is 0.232 e. The van der Waals surface area contributed by atoms with E-state index in [4.69, 9.17) is 9.15 Å². The van der Waals surface area contributed by atoms with Crippen molar-refractivity contribution < 1.29 is 18.7 Å². The van der Waals surface area contributed by atoms with E-state index in [9.17, 15) is 9.59 Å². The normalized spacial score (nSPS) is 14.7. The van der Waals surface area contributed by atoms with Crippen LogP contribution in [0.5, 0.6) is 5.75 Å². The molecule has 1 fully saturated rings. The molecule has 150 valence electrons. The summed E-state index contributed by atoms with van der Waals surface area (Å²) < 4.78 is 10.7. The van der Waals surface area contributed by atoms with Crippen LogP contribution in [0.25, 0.3) is 0 Å². The molecule has 3 rings (SSSR count). The predicted molar refractivity (Wildman–Crippen MR) is 108 cm³/mol. The van der Waals surface area contributed by atoms with Gasteiger partial charge in [0, 0.05) is 23.9 Å². The topological polar surface area (TPSA) is 71.8 Å². The van der Waals surface area contributed by atoms with E-state index in [1.807, 2.05) is 42.2 Å². The van der Waals surface area contributed by atoms with Gasteiger partial charge in [-0.15, -0.1) is 11.8 Å². The smallest absolute Gasteiger partial charge is 0.232 e. The number of thioether (sulfide) groups is 1. The van der Waals surface area contributed by atoms with Gasteiger partial charge in [0.15, 0.2) is 0 Å². The lowest BCUT2D eigenvalue weighted by Gasteiger charge is -2.31. The van der Waals surface area contributed by atoms with Crippen molar-refractivity contribution in [2.45, 2.75) is 31.2 Å². The zero-order valence-electron chi connectivity index (χ0n) is 16.1. The number of rotatable bonds is 8. The van der Waals surface area contributed by atoms with E-state index in [2.05, 4.69) is 5.32 Å². The predicted octanol–water partition coefficient (Wildman–Crippen LogP) is 3.33. The van der Waals surface area contributed by atoms with Crippen molar-refractivity contribution in [3.63, 3.8) is 0 Å². The average Bonchev–Trinajstić information content (AvgIpc) is 3.25. The Balaban J connectivity index is 1.37. The number of nitrogens with zero attached hydrogens (tertiary/aromatic N) is 1. The highest BCUT2D eigenvalue weighted by Gasteiger charge is 2.27. The number of ether oxygens (including phenoxy) is 1. The van der Waals surface area contributed by atoms with Crippen molar-refractivity contribution in [1.29, 1.82) is 0 Å². The fraction of sp³-hybridized carbons (Fsp3) is 0.429. The monoisotopic (exact) mass is 402 g/mol. The second-order valence-corrected chi connectivity index (χ2v) is 7.69. The van der Waals surface area contributed by atoms with Crippen LogP contribution < -0.4 is 10.1 Å². The third-order valence-electron chi connectivity index (χ3n) is 4.73. The second-order valence-electron chi connectivity index (χ2n) is 6.65. The number of hydrogen-bond acceptors (Lipinski definition) is 5. The van der Waals surface area contributed by atoms with Crippen LogP contribution in [0.3, 0.4) is 0 Å². The molecule has 28 heavy (non-hydrogen) atoms. The SMILES string of the molecule is CCOc1ccc(SCC(=O)N2CCC(C(=O)NCc3ccco3)CC2)cc1. The number of carbonyl (C=O) groups excluding carboxylic acids is 2. The van der Waals surface area contributed by atoms with E-state index in [-0.39, 0.29) is 17.7 Å². The summed E-state index contributed by atoms with van der Waals surface area (Å²) in [5.41, 5.74) is 0. The van der Waals surface area contributed by atoms with Crippen LogP contribution in [0.1, 0.15) is 25.5 Å². The molecule has 2 aromatic rings. The molecule has 1 saturated heterocycles. The number of piperidine rings is 1. The van der Waals surface area contributed by atoms with Crippen molar-refractivity contribution in [1.82, 2.24) is 10.2 Å². The number of benzene rings is 1. The highest BCUT2D eigenvalue weighted by Crippen LogP contribution is 2.23. The lowest BCUT2D eigenvalue weighted by atomic mass is 9.96. The molecule has 0 spiro atoms. The van der Waals surface area contributed by atoms with Gasteiger partial charge in [0.2, 0.25) is 11.8 Å². The molecule has 1 N–H and O–H groups in total. The minimum atomic E-state index is -0.0437. The van der Waals surface area contributed by atoms with Gasteiger partial charge < -0.3 is 19.4 Å². The Kier molecular flexibility index (Phi) is 7.42. The van der Waals surface area contributed by atoms with E-state index in [1.54, 1.807) is 12.3 Å². The highest BCUT2D eigenvalue weighted by molar-refractivity contribution is 8.00. The van der Waals surface area contributed by atoms with Crippen molar-refractivity contribution in [2.75, 3.05) is 25.4 Å². The summed E-state index contributed by atoms with van der Waals surface area (Å²) >= 11 is 1.53. The van der Waals surface area contributed by atoms with E-state index in [1.165, 1.54) is 11.8 Å². The van der Waals surface area contributed by atoms with Crippen LogP contribution in [0.2, 0.25) is 0 Å². The highest BCUT2D eigenvalue weighted by atomic mass is 32.2.